The molecule has 1 fully saturated rings. The Labute approximate surface area is 190 Å². The molecule has 0 unspecified atom stereocenters. The van der Waals surface area contributed by atoms with Crippen molar-refractivity contribution in [1.29, 1.82) is 0 Å². The third-order valence-electron chi connectivity index (χ3n) is 5.46. The van der Waals surface area contributed by atoms with Crippen LogP contribution < -0.4 is 10.2 Å². The molecule has 0 radical (unpaired) electrons. The molecule has 0 bridgehead atoms. The predicted molar refractivity (Wildman–Crippen MR) is 125 cm³/mol. The number of rotatable bonds is 10. The Bertz CT molecular complexity index is 879. The first-order chi connectivity index (χ1) is 15.5. The molecule has 2 aromatic rings. The smallest absolute Gasteiger partial charge is 0.253 e. The fraction of sp³-hybridized carbons (Fsp3) is 0.440. The van der Waals surface area contributed by atoms with Crippen molar-refractivity contribution in [3.05, 3.63) is 65.2 Å². The average Bonchev–Trinajstić information content (AvgIpc) is 2.79. The lowest BCUT2D eigenvalue weighted by molar-refractivity contribution is -0.122. The van der Waals surface area contributed by atoms with E-state index < -0.39 is 0 Å². The van der Waals surface area contributed by atoms with Crippen molar-refractivity contribution in [3.8, 4) is 0 Å². The summed E-state index contributed by atoms with van der Waals surface area (Å²) in [5, 5.41) is 2.99. The summed E-state index contributed by atoms with van der Waals surface area (Å²) in [6, 6.07) is 15.7. The highest BCUT2D eigenvalue weighted by Crippen LogP contribution is 2.19. The van der Waals surface area contributed by atoms with Crippen LogP contribution in [0.4, 0.5) is 5.69 Å². The number of hydrogen-bond acceptors (Lipinski definition) is 5. The summed E-state index contributed by atoms with van der Waals surface area (Å²) in [7, 11) is 1.52. The molecule has 7 heteroatoms. The Morgan fingerprint density at radius 3 is 2.53 bits per heavy atom. The fourth-order valence-electron chi connectivity index (χ4n) is 3.74. The van der Waals surface area contributed by atoms with Crippen molar-refractivity contribution in [3.63, 3.8) is 0 Å². The first kappa shape index (κ1) is 23.9. The molecule has 0 aromatic heterocycles. The van der Waals surface area contributed by atoms with Crippen LogP contribution in [0.25, 0.3) is 0 Å². The summed E-state index contributed by atoms with van der Waals surface area (Å²) in [6.07, 6.45) is 0.313. The standard InChI is InChI=1S/C25H33N3O4/c1-20-4-3-5-22(16-20)18-28(25(30)19-31-2)23-8-6-21(7-9-23)17-24(29)26-10-11-27-12-14-32-15-13-27/h3-9,16H,10-15,17-19H2,1-2H3,(H,26,29). The number of anilines is 1. The Morgan fingerprint density at radius 2 is 1.84 bits per heavy atom. The number of aryl methyl sites for hydroxylation is 1. The first-order valence-electron chi connectivity index (χ1n) is 11.1. The molecule has 32 heavy (non-hydrogen) atoms. The second-order valence-electron chi connectivity index (χ2n) is 8.05. The van der Waals surface area contributed by atoms with Crippen LogP contribution in [0.1, 0.15) is 16.7 Å². The molecule has 0 aliphatic carbocycles. The van der Waals surface area contributed by atoms with Gasteiger partial charge < -0.3 is 19.7 Å². The number of hydrogen-bond donors (Lipinski definition) is 1. The van der Waals surface area contributed by atoms with Crippen molar-refractivity contribution in [2.24, 2.45) is 0 Å². The van der Waals surface area contributed by atoms with Gasteiger partial charge >= 0.3 is 0 Å². The van der Waals surface area contributed by atoms with Gasteiger partial charge in [-0.2, -0.15) is 0 Å². The van der Waals surface area contributed by atoms with E-state index >= 15 is 0 Å². The number of benzene rings is 2. The minimum atomic E-state index is -0.109. The number of carbonyl (C=O) groups is 2. The lowest BCUT2D eigenvalue weighted by atomic mass is 10.1. The van der Waals surface area contributed by atoms with Crippen LogP contribution in [0.2, 0.25) is 0 Å². The Morgan fingerprint density at radius 1 is 1.09 bits per heavy atom. The van der Waals surface area contributed by atoms with E-state index in [-0.39, 0.29) is 18.4 Å². The zero-order valence-electron chi connectivity index (χ0n) is 19.0. The van der Waals surface area contributed by atoms with Gasteiger partial charge in [-0.15, -0.1) is 0 Å². The summed E-state index contributed by atoms with van der Waals surface area (Å²) in [5.41, 5.74) is 3.90. The van der Waals surface area contributed by atoms with E-state index in [0.717, 1.165) is 55.2 Å². The van der Waals surface area contributed by atoms with Crippen molar-refractivity contribution in [2.75, 3.05) is 58.0 Å². The van der Waals surface area contributed by atoms with Crippen LogP contribution in [0.3, 0.4) is 0 Å². The maximum atomic E-state index is 12.7. The molecule has 1 aliphatic heterocycles. The number of amides is 2. The highest BCUT2D eigenvalue weighted by molar-refractivity contribution is 5.94. The highest BCUT2D eigenvalue weighted by atomic mass is 16.5. The van der Waals surface area contributed by atoms with Crippen LogP contribution in [-0.4, -0.2) is 69.8 Å². The van der Waals surface area contributed by atoms with Gasteiger partial charge in [-0.05, 0) is 30.2 Å². The largest absolute Gasteiger partial charge is 0.379 e. The van der Waals surface area contributed by atoms with Crippen molar-refractivity contribution in [2.45, 2.75) is 19.9 Å². The summed E-state index contributed by atoms with van der Waals surface area (Å²) in [5.74, 6) is -0.110. The second-order valence-corrected chi connectivity index (χ2v) is 8.05. The molecule has 2 amide bonds. The summed E-state index contributed by atoms with van der Waals surface area (Å²) < 4.78 is 10.4. The van der Waals surface area contributed by atoms with Gasteiger partial charge in [0.05, 0.1) is 26.2 Å². The number of carbonyl (C=O) groups excluding carboxylic acids is 2. The Balaban J connectivity index is 1.56. The zero-order valence-corrected chi connectivity index (χ0v) is 19.0. The second kappa shape index (κ2) is 12.3. The van der Waals surface area contributed by atoms with Gasteiger partial charge in [-0.1, -0.05) is 42.0 Å². The topological polar surface area (TPSA) is 71.1 Å². The quantitative estimate of drug-likeness (QED) is 0.614. The number of morpholine rings is 1. The van der Waals surface area contributed by atoms with Crippen LogP contribution in [-0.2, 0) is 32.0 Å². The summed E-state index contributed by atoms with van der Waals surface area (Å²) >= 11 is 0. The minimum Gasteiger partial charge on any atom is -0.379 e. The lowest BCUT2D eigenvalue weighted by Gasteiger charge is -2.26. The molecule has 1 aliphatic rings. The number of ether oxygens (including phenoxy) is 2. The van der Waals surface area contributed by atoms with Crippen LogP contribution in [0.5, 0.6) is 0 Å². The molecule has 2 aromatic carbocycles. The van der Waals surface area contributed by atoms with Gasteiger partial charge in [0.25, 0.3) is 5.91 Å². The Hall–Kier alpha value is -2.74. The molecule has 1 N–H and O–H groups in total. The van der Waals surface area contributed by atoms with Crippen LogP contribution in [0, 0.1) is 6.92 Å². The average molecular weight is 440 g/mol. The van der Waals surface area contributed by atoms with E-state index in [1.165, 1.54) is 7.11 Å². The highest BCUT2D eigenvalue weighted by Gasteiger charge is 2.17. The van der Waals surface area contributed by atoms with E-state index in [2.05, 4.69) is 16.3 Å². The zero-order chi connectivity index (χ0) is 22.8. The number of nitrogens with one attached hydrogen (secondary N) is 1. The van der Waals surface area contributed by atoms with Gasteiger partial charge in [0.15, 0.2) is 0 Å². The monoisotopic (exact) mass is 439 g/mol. The van der Waals surface area contributed by atoms with Crippen LogP contribution >= 0.6 is 0 Å². The third-order valence-corrected chi connectivity index (χ3v) is 5.46. The minimum absolute atomic E-state index is 0.00177. The molecule has 3 rings (SSSR count). The van der Waals surface area contributed by atoms with Crippen molar-refractivity contribution < 1.29 is 19.1 Å². The van der Waals surface area contributed by atoms with E-state index in [9.17, 15) is 9.59 Å². The molecule has 1 heterocycles. The molecule has 0 spiro atoms. The molecule has 1 saturated heterocycles. The van der Waals surface area contributed by atoms with E-state index in [4.69, 9.17) is 9.47 Å². The number of methoxy groups -OCH3 is 1. The predicted octanol–water partition coefficient (Wildman–Crippen LogP) is 2.17. The van der Waals surface area contributed by atoms with Gasteiger partial charge in [0.2, 0.25) is 5.91 Å². The van der Waals surface area contributed by atoms with Gasteiger partial charge in [-0.3, -0.25) is 14.5 Å². The van der Waals surface area contributed by atoms with Gasteiger partial charge in [-0.25, -0.2) is 0 Å². The Kier molecular flexibility index (Phi) is 9.22. The van der Waals surface area contributed by atoms with Crippen molar-refractivity contribution >= 4 is 17.5 Å². The maximum Gasteiger partial charge on any atom is 0.253 e. The molecule has 0 atom stereocenters. The number of nitrogens with zero attached hydrogens (tertiary/aromatic N) is 2. The third kappa shape index (κ3) is 7.44. The maximum absolute atomic E-state index is 12.7. The molecule has 0 saturated carbocycles. The molecular formula is C25H33N3O4. The van der Waals surface area contributed by atoms with E-state index in [0.29, 0.717) is 19.5 Å². The molecule has 7 nitrogen and oxygen atoms in total. The molecule has 172 valence electrons. The van der Waals surface area contributed by atoms with Crippen molar-refractivity contribution in [1.82, 2.24) is 10.2 Å². The van der Waals surface area contributed by atoms with E-state index in [1.54, 1.807) is 4.90 Å². The lowest BCUT2D eigenvalue weighted by Crippen LogP contribution is -2.41. The normalized spacial score (nSPS) is 14.2. The van der Waals surface area contributed by atoms with Gasteiger partial charge in [0, 0.05) is 39.0 Å². The van der Waals surface area contributed by atoms with E-state index in [1.807, 2.05) is 49.4 Å². The first-order valence-corrected chi connectivity index (χ1v) is 11.1. The molecular weight excluding hydrogens is 406 g/mol. The summed E-state index contributed by atoms with van der Waals surface area (Å²) in [4.78, 5) is 29.0. The van der Waals surface area contributed by atoms with Gasteiger partial charge in [0.1, 0.15) is 6.61 Å². The van der Waals surface area contributed by atoms with Crippen LogP contribution in [0.15, 0.2) is 48.5 Å². The summed E-state index contributed by atoms with van der Waals surface area (Å²) in [6.45, 7) is 7.32. The fourth-order valence-corrected chi connectivity index (χ4v) is 3.74. The SMILES string of the molecule is COCC(=O)N(Cc1cccc(C)c1)c1ccc(CC(=O)NCCN2CCOCC2)cc1.